The molecule has 5 nitrogen and oxygen atoms in total. The van der Waals surface area contributed by atoms with Crippen LogP contribution in [0.5, 0.6) is 0 Å². The molecule has 0 aromatic carbocycles. The molecule has 136 valence electrons. The van der Waals surface area contributed by atoms with Crippen LogP contribution in [0.4, 0.5) is 0 Å². The lowest BCUT2D eigenvalue weighted by Crippen LogP contribution is -2.46. The largest absolute Gasteiger partial charge is 0.462 e. The number of likely N-dealkylation sites (tertiary alicyclic amines) is 1. The monoisotopic (exact) mass is 344 g/mol. The van der Waals surface area contributed by atoms with E-state index in [-0.39, 0.29) is 17.3 Å². The minimum absolute atomic E-state index is 0.00442. The summed E-state index contributed by atoms with van der Waals surface area (Å²) in [7, 11) is 0. The molecule has 1 fully saturated rings. The van der Waals surface area contributed by atoms with Crippen molar-refractivity contribution in [3.63, 3.8) is 0 Å². The second kappa shape index (κ2) is 7.06. The summed E-state index contributed by atoms with van der Waals surface area (Å²) in [6.45, 7) is 7.35. The first kappa shape index (κ1) is 17.8. The fourth-order valence-electron chi connectivity index (χ4n) is 4.33. The number of aromatic nitrogens is 1. The fourth-order valence-corrected chi connectivity index (χ4v) is 4.33. The summed E-state index contributed by atoms with van der Waals surface area (Å²) in [5.74, 6) is -0.356. The number of esters is 1. The molecular weight excluding hydrogens is 316 g/mol. The second-order valence-corrected chi connectivity index (χ2v) is 7.39. The SMILES string of the molecule is CCOC(=O)c1c(C)[nH]c(C(=O)N2CCC[C@]3(CC=CCC3)C2)c1C. The van der Waals surface area contributed by atoms with Gasteiger partial charge in [0.2, 0.25) is 0 Å². The van der Waals surface area contributed by atoms with Crippen molar-refractivity contribution in [2.24, 2.45) is 5.41 Å². The van der Waals surface area contributed by atoms with Crippen LogP contribution in [-0.2, 0) is 4.74 Å². The lowest BCUT2D eigenvalue weighted by Gasteiger charge is -2.43. The number of ether oxygens (including phenoxy) is 1. The Kier molecular flexibility index (Phi) is 5.02. The van der Waals surface area contributed by atoms with Gasteiger partial charge < -0.3 is 14.6 Å². The minimum Gasteiger partial charge on any atom is -0.462 e. The van der Waals surface area contributed by atoms with E-state index in [1.165, 1.54) is 6.42 Å². The van der Waals surface area contributed by atoms with Crippen molar-refractivity contribution in [3.8, 4) is 0 Å². The fraction of sp³-hybridized carbons (Fsp3) is 0.600. The van der Waals surface area contributed by atoms with Crippen molar-refractivity contribution < 1.29 is 14.3 Å². The van der Waals surface area contributed by atoms with Crippen LogP contribution in [0.1, 0.15) is 71.1 Å². The molecule has 1 saturated heterocycles. The molecule has 2 heterocycles. The van der Waals surface area contributed by atoms with Crippen molar-refractivity contribution in [2.45, 2.75) is 52.9 Å². The van der Waals surface area contributed by atoms with E-state index in [0.717, 1.165) is 38.8 Å². The average Bonchev–Trinajstić information content (AvgIpc) is 2.89. The summed E-state index contributed by atoms with van der Waals surface area (Å²) in [5, 5.41) is 0. The van der Waals surface area contributed by atoms with Crippen molar-refractivity contribution in [1.82, 2.24) is 9.88 Å². The predicted octanol–water partition coefficient (Wildman–Crippen LogP) is 3.77. The Hall–Kier alpha value is -2.04. The van der Waals surface area contributed by atoms with Gasteiger partial charge in [0.15, 0.2) is 0 Å². The molecule has 3 rings (SSSR count). The maximum absolute atomic E-state index is 13.1. The van der Waals surface area contributed by atoms with Crippen LogP contribution in [0.3, 0.4) is 0 Å². The molecule has 0 unspecified atom stereocenters. The van der Waals surface area contributed by atoms with Crippen LogP contribution < -0.4 is 0 Å². The Bertz CT molecular complexity index is 704. The Morgan fingerprint density at radius 1 is 1.28 bits per heavy atom. The number of aryl methyl sites for hydroxylation is 1. The van der Waals surface area contributed by atoms with Gasteiger partial charge in [-0.05, 0) is 63.9 Å². The average molecular weight is 344 g/mol. The van der Waals surface area contributed by atoms with E-state index in [4.69, 9.17) is 4.74 Å². The Morgan fingerprint density at radius 2 is 2.08 bits per heavy atom. The number of carbonyl (C=O) groups is 2. The Labute approximate surface area is 149 Å². The molecule has 1 spiro atoms. The summed E-state index contributed by atoms with van der Waals surface area (Å²) in [6, 6.07) is 0. The lowest BCUT2D eigenvalue weighted by atomic mass is 9.71. The van der Waals surface area contributed by atoms with E-state index in [1.54, 1.807) is 6.92 Å². The smallest absolute Gasteiger partial charge is 0.340 e. The van der Waals surface area contributed by atoms with Gasteiger partial charge in [-0.25, -0.2) is 4.79 Å². The van der Waals surface area contributed by atoms with Gasteiger partial charge in [0, 0.05) is 18.8 Å². The van der Waals surface area contributed by atoms with Crippen molar-refractivity contribution in [2.75, 3.05) is 19.7 Å². The van der Waals surface area contributed by atoms with Gasteiger partial charge in [-0.2, -0.15) is 0 Å². The molecule has 1 aromatic rings. The maximum Gasteiger partial charge on any atom is 0.340 e. The van der Waals surface area contributed by atoms with Crippen LogP contribution >= 0.6 is 0 Å². The van der Waals surface area contributed by atoms with Gasteiger partial charge >= 0.3 is 5.97 Å². The molecule has 5 heteroatoms. The number of H-pyrrole nitrogens is 1. The van der Waals surface area contributed by atoms with Crippen molar-refractivity contribution >= 4 is 11.9 Å². The Morgan fingerprint density at radius 3 is 2.76 bits per heavy atom. The first-order valence-electron chi connectivity index (χ1n) is 9.28. The van der Waals surface area contributed by atoms with Crippen LogP contribution in [0.2, 0.25) is 0 Å². The van der Waals surface area contributed by atoms with E-state index in [1.807, 2.05) is 18.7 Å². The molecule has 1 atom stereocenters. The van der Waals surface area contributed by atoms with Crippen LogP contribution in [0, 0.1) is 19.3 Å². The normalized spacial score (nSPS) is 23.1. The van der Waals surface area contributed by atoms with Crippen LogP contribution in [0.15, 0.2) is 12.2 Å². The summed E-state index contributed by atoms with van der Waals surface area (Å²) in [5.41, 5.74) is 2.67. The summed E-state index contributed by atoms with van der Waals surface area (Å²) >= 11 is 0. The standard InChI is InChI=1S/C20H28N2O3/c1-4-25-19(24)16-14(2)17(21-15(16)3)18(23)22-12-8-11-20(13-22)9-6-5-7-10-20/h5-6,21H,4,7-13H2,1-3H3/t20-/m1/s1. The van der Waals surface area contributed by atoms with Gasteiger partial charge in [-0.3, -0.25) is 4.79 Å². The van der Waals surface area contributed by atoms with Gasteiger partial charge in [-0.1, -0.05) is 12.2 Å². The molecule has 1 aromatic heterocycles. The number of piperidine rings is 1. The molecule has 25 heavy (non-hydrogen) atoms. The molecule has 0 saturated carbocycles. The van der Waals surface area contributed by atoms with E-state index < -0.39 is 0 Å². The molecule has 1 amide bonds. The number of aromatic amines is 1. The Balaban J connectivity index is 1.82. The summed E-state index contributed by atoms with van der Waals surface area (Å²) in [6.07, 6.45) is 10.1. The first-order chi connectivity index (χ1) is 12.0. The van der Waals surface area contributed by atoms with E-state index >= 15 is 0 Å². The number of hydrogen-bond acceptors (Lipinski definition) is 3. The van der Waals surface area contributed by atoms with Gasteiger partial charge in [0.05, 0.1) is 12.2 Å². The van der Waals surface area contributed by atoms with Crippen molar-refractivity contribution in [1.29, 1.82) is 0 Å². The number of rotatable bonds is 3. The number of hydrogen-bond donors (Lipinski definition) is 1. The molecule has 1 aliphatic heterocycles. The summed E-state index contributed by atoms with van der Waals surface area (Å²) < 4.78 is 5.13. The van der Waals surface area contributed by atoms with Crippen molar-refractivity contribution in [3.05, 3.63) is 34.7 Å². The zero-order chi connectivity index (χ0) is 18.0. The lowest BCUT2D eigenvalue weighted by molar-refractivity contribution is 0.0479. The predicted molar refractivity (Wildman–Crippen MR) is 96.8 cm³/mol. The van der Waals surface area contributed by atoms with Crippen LogP contribution in [0.25, 0.3) is 0 Å². The third-order valence-electron chi connectivity index (χ3n) is 5.64. The number of amides is 1. The number of carbonyl (C=O) groups excluding carboxylic acids is 2. The molecular formula is C20H28N2O3. The zero-order valence-electron chi connectivity index (χ0n) is 15.5. The van der Waals surface area contributed by atoms with Gasteiger partial charge in [0.1, 0.15) is 5.69 Å². The van der Waals surface area contributed by atoms with Gasteiger partial charge in [-0.15, -0.1) is 0 Å². The second-order valence-electron chi connectivity index (χ2n) is 7.39. The molecule has 0 bridgehead atoms. The quantitative estimate of drug-likeness (QED) is 0.670. The first-order valence-corrected chi connectivity index (χ1v) is 9.28. The molecule has 1 aliphatic carbocycles. The molecule has 0 radical (unpaired) electrons. The van der Waals surface area contributed by atoms with E-state index in [2.05, 4.69) is 17.1 Å². The zero-order valence-corrected chi connectivity index (χ0v) is 15.5. The highest BCUT2D eigenvalue weighted by Crippen LogP contribution is 2.41. The highest BCUT2D eigenvalue weighted by atomic mass is 16.5. The van der Waals surface area contributed by atoms with Crippen LogP contribution in [-0.4, -0.2) is 41.5 Å². The van der Waals surface area contributed by atoms with E-state index in [9.17, 15) is 9.59 Å². The summed E-state index contributed by atoms with van der Waals surface area (Å²) in [4.78, 5) is 30.4. The maximum atomic E-state index is 13.1. The molecule has 1 N–H and O–H groups in total. The number of nitrogens with one attached hydrogen (secondary N) is 1. The number of nitrogens with zero attached hydrogens (tertiary/aromatic N) is 1. The van der Waals surface area contributed by atoms with E-state index in [0.29, 0.717) is 29.1 Å². The highest BCUT2D eigenvalue weighted by Gasteiger charge is 2.38. The highest BCUT2D eigenvalue weighted by molar-refractivity contribution is 6.00. The third kappa shape index (κ3) is 3.37. The third-order valence-corrected chi connectivity index (χ3v) is 5.64. The van der Waals surface area contributed by atoms with Gasteiger partial charge in [0.25, 0.3) is 5.91 Å². The molecule has 2 aliphatic rings. The minimum atomic E-state index is -0.361. The topological polar surface area (TPSA) is 62.4 Å². The number of allylic oxidation sites excluding steroid dienone is 2.